The van der Waals surface area contributed by atoms with E-state index in [9.17, 15) is 0 Å². The van der Waals surface area contributed by atoms with Crippen LogP contribution in [0.3, 0.4) is 0 Å². The van der Waals surface area contributed by atoms with Crippen LogP contribution in [0.5, 0.6) is 0 Å². The van der Waals surface area contributed by atoms with E-state index in [0.29, 0.717) is 0 Å². The fraction of sp³-hybridized carbons (Fsp3) is 0.478. The Kier molecular flexibility index (Phi) is 4.86. The molecule has 1 heterocycles. The molecule has 0 atom stereocenters. The van der Waals surface area contributed by atoms with Crippen molar-refractivity contribution in [1.82, 2.24) is 4.57 Å². The van der Waals surface area contributed by atoms with Crippen LogP contribution in [0.1, 0.15) is 66.5 Å². The average molecular weight is 324 g/mol. The minimum absolute atomic E-state index is 0.179. The first-order chi connectivity index (χ1) is 11.1. The molecule has 0 bridgehead atoms. The van der Waals surface area contributed by atoms with E-state index in [1.807, 2.05) is 13.8 Å². The molecule has 1 heteroatoms. The Morgan fingerprint density at radius 2 is 0.958 bits per heavy atom. The van der Waals surface area contributed by atoms with Gasteiger partial charge in [-0.25, -0.2) is 0 Å². The topological polar surface area (TPSA) is 4.93 Å². The van der Waals surface area contributed by atoms with Crippen molar-refractivity contribution in [2.45, 2.75) is 66.2 Å². The van der Waals surface area contributed by atoms with E-state index in [4.69, 9.17) is 0 Å². The van der Waals surface area contributed by atoms with Crippen LogP contribution in [0.4, 0.5) is 0 Å². The number of aryl methyl sites for hydroxylation is 1. The van der Waals surface area contributed by atoms with Gasteiger partial charge in [-0.15, -0.1) is 0 Å². The highest BCUT2D eigenvalue weighted by Crippen LogP contribution is 2.35. The van der Waals surface area contributed by atoms with Gasteiger partial charge in [-0.05, 0) is 46.2 Å². The molecule has 130 valence electrons. The fourth-order valence-corrected chi connectivity index (χ4v) is 3.15. The molecular formula is C23H33N. The van der Waals surface area contributed by atoms with E-state index in [-0.39, 0.29) is 10.8 Å². The Morgan fingerprint density at radius 3 is 1.25 bits per heavy atom. The third kappa shape index (κ3) is 3.22. The first kappa shape index (κ1) is 18.6. The zero-order valence-corrected chi connectivity index (χ0v) is 16.9. The molecule has 0 amide bonds. The monoisotopic (exact) mass is 323 g/mol. The molecule has 0 spiro atoms. The summed E-state index contributed by atoms with van der Waals surface area (Å²) in [6.45, 7) is 17.7. The van der Waals surface area contributed by atoms with Gasteiger partial charge in [0.1, 0.15) is 0 Å². The maximum absolute atomic E-state index is 2.38. The molecule has 0 fully saturated rings. The van der Waals surface area contributed by atoms with E-state index in [2.05, 4.69) is 89.6 Å². The lowest BCUT2D eigenvalue weighted by Gasteiger charge is -2.19. The molecule has 0 aliphatic heterocycles. The lowest BCUT2D eigenvalue weighted by molar-refractivity contribution is 0.590. The van der Waals surface area contributed by atoms with Gasteiger partial charge >= 0.3 is 0 Å². The first-order valence-corrected chi connectivity index (χ1v) is 9.12. The molecule has 24 heavy (non-hydrogen) atoms. The predicted molar refractivity (Wildman–Crippen MR) is 109 cm³/mol. The van der Waals surface area contributed by atoms with Crippen molar-refractivity contribution in [2.24, 2.45) is 7.05 Å². The molecule has 1 nitrogen and oxygen atoms in total. The largest absolute Gasteiger partial charge is 0.344 e. The third-order valence-corrected chi connectivity index (χ3v) is 4.74. The predicted octanol–water partition coefficient (Wildman–Crippen LogP) is 6.95. The van der Waals surface area contributed by atoms with Crippen LogP contribution in [0.25, 0.3) is 21.8 Å². The number of hydrogen-bond acceptors (Lipinski definition) is 0. The molecule has 0 aliphatic rings. The second kappa shape index (κ2) is 6.27. The third-order valence-electron chi connectivity index (χ3n) is 4.74. The molecular weight excluding hydrogens is 290 g/mol. The molecule has 3 rings (SSSR count). The van der Waals surface area contributed by atoms with Crippen LogP contribution < -0.4 is 0 Å². The molecule has 0 saturated heterocycles. The van der Waals surface area contributed by atoms with Gasteiger partial charge in [-0.3, -0.25) is 0 Å². The Morgan fingerprint density at radius 1 is 0.625 bits per heavy atom. The van der Waals surface area contributed by atoms with Gasteiger partial charge in [0.05, 0.1) is 0 Å². The zero-order chi connectivity index (χ0) is 18.3. The maximum Gasteiger partial charge on any atom is 0.0488 e. The molecule has 0 saturated carbocycles. The number of benzene rings is 2. The van der Waals surface area contributed by atoms with Crippen LogP contribution in [0.15, 0.2) is 36.4 Å². The first-order valence-electron chi connectivity index (χ1n) is 9.12. The van der Waals surface area contributed by atoms with Crippen molar-refractivity contribution < 1.29 is 0 Å². The summed E-state index contributed by atoms with van der Waals surface area (Å²) in [6.07, 6.45) is 0. The Hall–Kier alpha value is -1.76. The number of aromatic nitrogens is 1. The van der Waals surface area contributed by atoms with Gasteiger partial charge in [0, 0.05) is 28.9 Å². The molecule has 1 aromatic heterocycles. The van der Waals surface area contributed by atoms with Crippen LogP contribution >= 0.6 is 0 Å². The lowest BCUT2D eigenvalue weighted by atomic mass is 9.85. The highest BCUT2D eigenvalue weighted by Gasteiger charge is 2.18. The summed E-state index contributed by atoms with van der Waals surface area (Å²) in [5, 5.41) is 2.74. The van der Waals surface area contributed by atoms with Crippen LogP contribution in [-0.4, -0.2) is 4.57 Å². The quantitative estimate of drug-likeness (QED) is 0.421. The fourth-order valence-electron chi connectivity index (χ4n) is 3.15. The number of fused-ring (bicyclic) bond motifs is 3. The van der Waals surface area contributed by atoms with Crippen molar-refractivity contribution in [1.29, 1.82) is 0 Å². The van der Waals surface area contributed by atoms with Gasteiger partial charge < -0.3 is 4.57 Å². The zero-order valence-electron chi connectivity index (χ0n) is 16.9. The molecule has 0 aliphatic carbocycles. The summed E-state index contributed by atoms with van der Waals surface area (Å²) in [5.41, 5.74) is 5.78. The molecule has 0 N–H and O–H groups in total. The minimum atomic E-state index is 0.179. The summed E-state index contributed by atoms with van der Waals surface area (Å²) in [4.78, 5) is 0. The standard InChI is InChI=1S/C21H27N.C2H6/c1-20(2,3)14-8-10-18-16(12-14)17-13-15(21(4,5)6)9-11-19(17)22(18)7;1-2/h8-13H,1-7H3;1-2H3. The number of hydrogen-bond donors (Lipinski definition) is 0. The molecule has 0 unspecified atom stereocenters. The van der Waals surface area contributed by atoms with Gasteiger partial charge in [0.2, 0.25) is 0 Å². The number of nitrogens with zero attached hydrogens (tertiary/aromatic N) is 1. The second-order valence-corrected chi connectivity index (χ2v) is 8.52. The summed E-state index contributed by atoms with van der Waals surface area (Å²) in [5.74, 6) is 0. The smallest absolute Gasteiger partial charge is 0.0488 e. The summed E-state index contributed by atoms with van der Waals surface area (Å²) < 4.78 is 2.31. The van der Waals surface area contributed by atoms with E-state index in [0.717, 1.165) is 0 Å². The second-order valence-electron chi connectivity index (χ2n) is 8.52. The maximum atomic E-state index is 2.38. The van der Waals surface area contributed by atoms with Gasteiger partial charge in [-0.2, -0.15) is 0 Å². The Balaban J connectivity index is 0.00000100. The van der Waals surface area contributed by atoms with Gasteiger partial charge in [0.15, 0.2) is 0 Å². The van der Waals surface area contributed by atoms with Crippen molar-refractivity contribution in [3.63, 3.8) is 0 Å². The Labute approximate surface area is 147 Å². The van der Waals surface area contributed by atoms with E-state index < -0.39 is 0 Å². The molecule has 0 radical (unpaired) electrons. The summed E-state index contributed by atoms with van der Waals surface area (Å²) in [6, 6.07) is 13.8. The van der Waals surface area contributed by atoms with Crippen molar-refractivity contribution in [3.05, 3.63) is 47.5 Å². The minimum Gasteiger partial charge on any atom is -0.344 e. The molecule has 2 aromatic carbocycles. The van der Waals surface area contributed by atoms with Gasteiger partial charge in [0.25, 0.3) is 0 Å². The van der Waals surface area contributed by atoms with Crippen LogP contribution in [-0.2, 0) is 17.9 Å². The summed E-state index contributed by atoms with van der Waals surface area (Å²) in [7, 11) is 2.16. The SMILES string of the molecule is CC.Cn1c2ccc(C(C)(C)C)cc2c2cc(C(C)(C)C)ccc21. The molecule has 3 aromatic rings. The number of rotatable bonds is 0. The van der Waals surface area contributed by atoms with Crippen molar-refractivity contribution in [3.8, 4) is 0 Å². The van der Waals surface area contributed by atoms with E-state index in [1.165, 1.54) is 32.9 Å². The van der Waals surface area contributed by atoms with Gasteiger partial charge in [-0.1, -0.05) is 67.5 Å². The highest BCUT2D eigenvalue weighted by atomic mass is 14.9. The van der Waals surface area contributed by atoms with Crippen molar-refractivity contribution >= 4 is 21.8 Å². The lowest BCUT2D eigenvalue weighted by Crippen LogP contribution is -2.10. The highest BCUT2D eigenvalue weighted by molar-refractivity contribution is 6.08. The normalized spacial score (nSPS) is 12.4. The van der Waals surface area contributed by atoms with E-state index in [1.54, 1.807) is 0 Å². The average Bonchev–Trinajstić information content (AvgIpc) is 2.80. The Bertz CT molecular complexity index is 780. The van der Waals surface area contributed by atoms with E-state index >= 15 is 0 Å². The summed E-state index contributed by atoms with van der Waals surface area (Å²) >= 11 is 0. The van der Waals surface area contributed by atoms with Crippen LogP contribution in [0, 0.1) is 0 Å². The van der Waals surface area contributed by atoms with Crippen LogP contribution in [0.2, 0.25) is 0 Å². The van der Waals surface area contributed by atoms with Crippen molar-refractivity contribution in [2.75, 3.05) is 0 Å².